The maximum absolute atomic E-state index is 11.1. The van der Waals surface area contributed by atoms with Crippen LogP contribution in [0, 0.1) is 0 Å². The number of benzene rings is 1. The molecule has 0 amide bonds. The fraction of sp³-hybridized carbons (Fsp3) is 0.500. The monoisotopic (exact) mass is 265 g/mol. The van der Waals surface area contributed by atoms with Gasteiger partial charge in [-0.05, 0) is 37.1 Å². The van der Waals surface area contributed by atoms with Crippen molar-refractivity contribution in [3.8, 4) is 0 Å². The Balaban J connectivity index is 2.00. The van der Waals surface area contributed by atoms with E-state index in [9.17, 15) is 4.79 Å². The smallest absolute Gasteiger partial charge is 0.337 e. The van der Waals surface area contributed by atoms with Gasteiger partial charge < -0.3 is 10.4 Å². The van der Waals surface area contributed by atoms with E-state index >= 15 is 0 Å². The van der Waals surface area contributed by atoms with E-state index < -0.39 is 5.97 Å². The van der Waals surface area contributed by atoms with Gasteiger partial charge in [-0.2, -0.15) is 11.8 Å². The van der Waals surface area contributed by atoms with Gasteiger partial charge in [-0.25, -0.2) is 4.79 Å². The molecule has 1 aromatic carbocycles. The Hall–Kier alpha value is -1.16. The highest BCUT2D eigenvalue weighted by Gasteiger charge is 2.25. The largest absolute Gasteiger partial charge is 0.478 e. The van der Waals surface area contributed by atoms with Crippen molar-refractivity contribution in [3.05, 3.63) is 29.8 Å². The average molecular weight is 265 g/mol. The SMILES string of the molecule is CCSC1CCC(Nc2ccccc2C(=O)O)C1. The molecule has 0 heterocycles. The molecule has 18 heavy (non-hydrogen) atoms. The standard InChI is InChI=1S/C14H19NO2S/c1-2-18-11-8-7-10(9-11)15-13-6-4-3-5-12(13)14(16)17/h3-6,10-11,15H,2,7-9H2,1H3,(H,16,17). The summed E-state index contributed by atoms with van der Waals surface area (Å²) < 4.78 is 0. The first-order valence-electron chi connectivity index (χ1n) is 6.41. The minimum atomic E-state index is -0.865. The summed E-state index contributed by atoms with van der Waals surface area (Å²) in [7, 11) is 0. The van der Waals surface area contributed by atoms with E-state index in [0.29, 0.717) is 11.6 Å². The Morgan fingerprint density at radius 2 is 2.22 bits per heavy atom. The van der Waals surface area contributed by atoms with Crippen molar-refractivity contribution in [1.29, 1.82) is 0 Å². The molecule has 3 nitrogen and oxygen atoms in total. The summed E-state index contributed by atoms with van der Waals surface area (Å²) in [5.41, 5.74) is 1.11. The van der Waals surface area contributed by atoms with Gasteiger partial charge in [-0.3, -0.25) is 0 Å². The summed E-state index contributed by atoms with van der Waals surface area (Å²) in [5.74, 6) is 0.291. The third kappa shape index (κ3) is 3.19. The number of carbonyl (C=O) groups is 1. The van der Waals surface area contributed by atoms with E-state index in [1.165, 1.54) is 6.42 Å². The number of anilines is 1. The molecule has 1 fully saturated rings. The minimum absolute atomic E-state index is 0.365. The molecular formula is C14H19NO2S. The predicted octanol–water partition coefficient (Wildman–Crippen LogP) is 3.47. The number of rotatable bonds is 5. The van der Waals surface area contributed by atoms with E-state index in [1.54, 1.807) is 12.1 Å². The van der Waals surface area contributed by atoms with Crippen molar-refractivity contribution in [2.24, 2.45) is 0 Å². The van der Waals surface area contributed by atoms with Crippen molar-refractivity contribution in [2.45, 2.75) is 37.5 Å². The highest BCUT2D eigenvalue weighted by Crippen LogP contribution is 2.32. The van der Waals surface area contributed by atoms with Crippen molar-refractivity contribution < 1.29 is 9.90 Å². The summed E-state index contributed by atoms with van der Waals surface area (Å²) in [5, 5.41) is 13.2. The zero-order chi connectivity index (χ0) is 13.0. The van der Waals surface area contributed by atoms with Gasteiger partial charge in [-0.1, -0.05) is 19.1 Å². The predicted molar refractivity (Wildman–Crippen MR) is 76.6 cm³/mol. The van der Waals surface area contributed by atoms with Crippen LogP contribution in [-0.4, -0.2) is 28.1 Å². The van der Waals surface area contributed by atoms with E-state index in [0.717, 1.165) is 29.5 Å². The number of aromatic carboxylic acids is 1. The Morgan fingerprint density at radius 1 is 1.44 bits per heavy atom. The summed E-state index contributed by atoms with van der Waals surface area (Å²) in [4.78, 5) is 11.1. The van der Waals surface area contributed by atoms with Crippen LogP contribution in [0.25, 0.3) is 0 Å². The summed E-state index contributed by atoms with van der Waals surface area (Å²) in [6, 6.07) is 7.55. The van der Waals surface area contributed by atoms with Crippen LogP contribution in [0.2, 0.25) is 0 Å². The van der Waals surface area contributed by atoms with Gasteiger partial charge in [0.15, 0.2) is 0 Å². The van der Waals surface area contributed by atoms with Crippen LogP contribution in [0.5, 0.6) is 0 Å². The first kappa shape index (κ1) is 13.3. The number of hydrogen-bond acceptors (Lipinski definition) is 3. The van der Waals surface area contributed by atoms with Gasteiger partial charge in [0.05, 0.1) is 5.56 Å². The van der Waals surface area contributed by atoms with Crippen LogP contribution in [-0.2, 0) is 0 Å². The fourth-order valence-corrected chi connectivity index (χ4v) is 3.62. The highest BCUT2D eigenvalue weighted by atomic mass is 32.2. The molecule has 1 aliphatic carbocycles. The van der Waals surface area contributed by atoms with Crippen molar-refractivity contribution in [3.63, 3.8) is 0 Å². The molecule has 0 aromatic heterocycles. The molecule has 0 spiro atoms. The zero-order valence-electron chi connectivity index (χ0n) is 10.6. The lowest BCUT2D eigenvalue weighted by Gasteiger charge is -2.16. The van der Waals surface area contributed by atoms with Crippen molar-refractivity contribution in [1.82, 2.24) is 0 Å². The zero-order valence-corrected chi connectivity index (χ0v) is 11.4. The summed E-state index contributed by atoms with van der Waals surface area (Å²) in [6.07, 6.45) is 3.49. The van der Waals surface area contributed by atoms with Crippen LogP contribution < -0.4 is 5.32 Å². The van der Waals surface area contributed by atoms with Crippen LogP contribution in [0.3, 0.4) is 0 Å². The van der Waals surface area contributed by atoms with Crippen molar-refractivity contribution in [2.75, 3.05) is 11.1 Å². The topological polar surface area (TPSA) is 49.3 Å². The van der Waals surface area contributed by atoms with Crippen molar-refractivity contribution >= 4 is 23.4 Å². The molecule has 0 aliphatic heterocycles. The van der Waals surface area contributed by atoms with Crippen LogP contribution in [0.4, 0.5) is 5.69 Å². The molecule has 1 aromatic rings. The second kappa shape index (κ2) is 6.14. The normalized spacial score (nSPS) is 22.9. The lowest BCUT2D eigenvalue weighted by molar-refractivity contribution is 0.0698. The fourth-order valence-electron chi connectivity index (χ4n) is 2.47. The Labute approximate surface area is 112 Å². The number of nitrogens with one attached hydrogen (secondary N) is 1. The molecule has 2 unspecified atom stereocenters. The average Bonchev–Trinajstić information content (AvgIpc) is 2.77. The summed E-state index contributed by atoms with van der Waals surface area (Å²) in [6.45, 7) is 2.19. The van der Waals surface area contributed by atoms with Gasteiger partial charge in [0.2, 0.25) is 0 Å². The molecule has 1 aliphatic rings. The molecule has 98 valence electrons. The van der Waals surface area contributed by atoms with Crippen LogP contribution >= 0.6 is 11.8 Å². The number of para-hydroxylation sites is 1. The molecule has 0 saturated heterocycles. The molecular weight excluding hydrogens is 246 g/mol. The van der Waals surface area contributed by atoms with Gasteiger partial charge in [-0.15, -0.1) is 0 Å². The number of carboxylic acid groups (broad SMARTS) is 1. The third-order valence-corrected chi connectivity index (χ3v) is 4.54. The lowest BCUT2D eigenvalue weighted by Crippen LogP contribution is -2.18. The minimum Gasteiger partial charge on any atom is -0.478 e. The van der Waals surface area contributed by atoms with Gasteiger partial charge in [0.1, 0.15) is 0 Å². The van der Waals surface area contributed by atoms with Gasteiger partial charge in [0.25, 0.3) is 0 Å². The number of hydrogen-bond donors (Lipinski definition) is 2. The first-order valence-corrected chi connectivity index (χ1v) is 7.46. The molecule has 1 saturated carbocycles. The van der Waals surface area contributed by atoms with E-state index in [2.05, 4.69) is 12.2 Å². The van der Waals surface area contributed by atoms with E-state index in [4.69, 9.17) is 5.11 Å². The van der Waals surface area contributed by atoms with Crippen LogP contribution in [0.15, 0.2) is 24.3 Å². The molecule has 4 heteroatoms. The lowest BCUT2D eigenvalue weighted by atomic mass is 10.1. The maximum Gasteiger partial charge on any atom is 0.337 e. The summed E-state index contributed by atoms with van der Waals surface area (Å²) >= 11 is 2.01. The molecule has 2 rings (SSSR count). The van der Waals surface area contributed by atoms with E-state index in [-0.39, 0.29) is 0 Å². The highest BCUT2D eigenvalue weighted by molar-refractivity contribution is 7.99. The molecule has 0 radical (unpaired) electrons. The van der Waals surface area contributed by atoms with Crippen LogP contribution in [0.1, 0.15) is 36.5 Å². The second-order valence-corrected chi connectivity index (χ2v) is 6.16. The van der Waals surface area contributed by atoms with Gasteiger partial charge >= 0.3 is 5.97 Å². The Bertz CT molecular complexity index is 422. The quantitative estimate of drug-likeness (QED) is 0.856. The number of thioether (sulfide) groups is 1. The molecule has 2 N–H and O–H groups in total. The molecule has 0 bridgehead atoms. The Kier molecular flexibility index (Phi) is 4.53. The third-order valence-electron chi connectivity index (χ3n) is 3.30. The number of carboxylic acids is 1. The first-order chi connectivity index (χ1) is 8.70. The maximum atomic E-state index is 11.1. The van der Waals surface area contributed by atoms with Gasteiger partial charge in [0, 0.05) is 17.0 Å². The van der Waals surface area contributed by atoms with E-state index in [1.807, 2.05) is 23.9 Å². The second-order valence-electron chi connectivity index (χ2n) is 4.58. The molecule has 2 atom stereocenters. The Morgan fingerprint density at radius 3 is 2.94 bits per heavy atom.